The summed E-state index contributed by atoms with van der Waals surface area (Å²) in [5.74, 6) is 0. The Balaban J connectivity index is 1.67. The summed E-state index contributed by atoms with van der Waals surface area (Å²) in [7, 11) is 0. The molecule has 4 aromatic rings. The van der Waals surface area contributed by atoms with E-state index in [0.717, 1.165) is 19.3 Å². The molecule has 0 spiro atoms. The Morgan fingerprint density at radius 3 is 2.00 bits per heavy atom. The van der Waals surface area contributed by atoms with Gasteiger partial charge in [0.1, 0.15) is 0 Å². The Bertz CT molecular complexity index is 938. The summed E-state index contributed by atoms with van der Waals surface area (Å²) in [6, 6.07) is 20.3. The van der Waals surface area contributed by atoms with Gasteiger partial charge in [0.05, 0.1) is 0 Å². The normalized spacial score (nSPS) is 11.9. The van der Waals surface area contributed by atoms with E-state index < -0.39 is 0 Å². The largest absolute Gasteiger partial charge is 0.396 e. The molecular weight excluding hydrogens is 292 g/mol. The van der Waals surface area contributed by atoms with Gasteiger partial charge < -0.3 is 5.11 Å². The molecule has 24 heavy (non-hydrogen) atoms. The average molecular weight is 316 g/mol. The molecule has 0 aliphatic heterocycles. The third kappa shape index (κ3) is 2.74. The number of unbranched alkanes of at least 4 members (excludes halogenated alkanes) is 4. The molecule has 0 aliphatic rings. The smallest absolute Gasteiger partial charge is 0.0431 e. The first-order chi connectivity index (χ1) is 11.9. The summed E-state index contributed by atoms with van der Waals surface area (Å²) in [5, 5.41) is 17.2. The Kier molecular flexibility index (Phi) is 4.36. The number of hydrogen-bond acceptors (Lipinski definition) is 1. The standard InChI is InChI=1S/C23H24O/c24-16-5-3-1-2-4-7-17-10-11-20-13-12-18-8-6-9-19-14-15-21(17)23(20)22(18)19/h6,8-15,24H,1-5,7,16H2. The lowest BCUT2D eigenvalue weighted by atomic mass is 9.90. The molecular formula is C23H24O. The maximum Gasteiger partial charge on any atom is 0.0431 e. The van der Waals surface area contributed by atoms with Crippen LogP contribution in [0.2, 0.25) is 0 Å². The lowest BCUT2D eigenvalue weighted by Gasteiger charge is -2.14. The average Bonchev–Trinajstić information content (AvgIpc) is 2.63. The summed E-state index contributed by atoms with van der Waals surface area (Å²) in [4.78, 5) is 0. The molecule has 1 nitrogen and oxygen atoms in total. The lowest BCUT2D eigenvalue weighted by Crippen LogP contribution is -1.91. The van der Waals surface area contributed by atoms with Gasteiger partial charge in [-0.15, -0.1) is 0 Å². The second kappa shape index (κ2) is 6.78. The van der Waals surface area contributed by atoms with E-state index >= 15 is 0 Å². The highest BCUT2D eigenvalue weighted by Crippen LogP contribution is 2.36. The van der Waals surface area contributed by atoms with Gasteiger partial charge in [-0.25, -0.2) is 0 Å². The first-order valence-electron chi connectivity index (χ1n) is 9.15. The fraction of sp³-hybridized carbons (Fsp3) is 0.304. The van der Waals surface area contributed by atoms with Crippen LogP contribution < -0.4 is 0 Å². The van der Waals surface area contributed by atoms with E-state index in [4.69, 9.17) is 5.11 Å². The van der Waals surface area contributed by atoms with Crippen molar-refractivity contribution in [3.63, 3.8) is 0 Å². The van der Waals surface area contributed by atoms with Gasteiger partial charge in [-0.1, -0.05) is 73.9 Å². The molecule has 122 valence electrons. The quantitative estimate of drug-likeness (QED) is 0.324. The van der Waals surface area contributed by atoms with Crippen LogP contribution in [0, 0.1) is 0 Å². The molecule has 1 N–H and O–H groups in total. The van der Waals surface area contributed by atoms with Crippen LogP contribution in [0.5, 0.6) is 0 Å². The molecule has 0 unspecified atom stereocenters. The fourth-order valence-electron chi connectivity index (χ4n) is 3.97. The van der Waals surface area contributed by atoms with Gasteiger partial charge in [-0.2, -0.15) is 0 Å². The monoisotopic (exact) mass is 316 g/mol. The van der Waals surface area contributed by atoms with Gasteiger partial charge in [-0.05, 0) is 57.1 Å². The van der Waals surface area contributed by atoms with E-state index in [1.807, 2.05) is 0 Å². The van der Waals surface area contributed by atoms with E-state index in [1.165, 1.54) is 57.1 Å². The van der Waals surface area contributed by atoms with E-state index in [9.17, 15) is 0 Å². The third-order valence-electron chi connectivity index (χ3n) is 5.22. The van der Waals surface area contributed by atoms with E-state index in [2.05, 4.69) is 54.6 Å². The Hall–Kier alpha value is -2.12. The van der Waals surface area contributed by atoms with Crippen LogP contribution in [-0.2, 0) is 6.42 Å². The molecule has 0 saturated carbocycles. The van der Waals surface area contributed by atoms with Crippen LogP contribution in [0.25, 0.3) is 32.3 Å². The minimum atomic E-state index is 0.328. The van der Waals surface area contributed by atoms with Gasteiger partial charge in [0.25, 0.3) is 0 Å². The van der Waals surface area contributed by atoms with Crippen molar-refractivity contribution in [1.82, 2.24) is 0 Å². The molecule has 0 amide bonds. The molecule has 0 aliphatic carbocycles. The summed E-state index contributed by atoms with van der Waals surface area (Å²) < 4.78 is 0. The Labute approximate surface area is 143 Å². The molecule has 0 fully saturated rings. The zero-order chi connectivity index (χ0) is 16.4. The minimum Gasteiger partial charge on any atom is -0.396 e. The molecule has 4 aromatic carbocycles. The molecule has 0 aromatic heterocycles. The predicted octanol–water partition coefficient (Wildman–Crippen LogP) is 6.07. The van der Waals surface area contributed by atoms with Crippen molar-refractivity contribution >= 4 is 32.3 Å². The van der Waals surface area contributed by atoms with Crippen LogP contribution in [0.1, 0.15) is 37.7 Å². The van der Waals surface area contributed by atoms with Crippen LogP contribution in [0.4, 0.5) is 0 Å². The first kappa shape index (κ1) is 15.4. The van der Waals surface area contributed by atoms with Crippen molar-refractivity contribution in [3.8, 4) is 0 Å². The second-order valence-electron chi connectivity index (χ2n) is 6.82. The third-order valence-corrected chi connectivity index (χ3v) is 5.22. The maximum atomic E-state index is 8.85. The molecule has 0 heterocycles. The van der Waals surface area contributed by atoms with Crippen LogP contribution >= 0.6 is 0 Å². The first-order valence-corrected chi connectivity index (χ1v) is 9.15. The van der Waals surface area contributed by atoms with Crippen molar-refractivity contribution < 1.29 is 5.11 Å². The summed E-state index contributed by atoms with van der Waals surface area (Å²) in [5.41, 5.74) is 1.47. The lowest BCUT2D eigenvalue weighted by molar-refractivity contribution is 0.282. The SMILES string of the molecule is OCCCCCCCc1ccc2ccc3cccc4ccc1c2c34. The summed E-state index contributed by atoms with van der Waals surface area (Å²) in [6.07, 6.45) is 6.95. The number of aliphatic hydroxyl groups excluding tert-OH is 1. The van der Waals surface area contributed by atoms with Crippen molar-refractivity contribution in [2.75, 3.05) is 6.61 Å². The van der Waals surface area contributed by atoms with E-state index in [0.29, 0.717) is 6.61 Å². The topological polar surface area (TPSA) is 20.2 Å². The van der Waals surface area contributed by atoms with Gasteiger partial charge in [0.2, 0.25) is 0 Å². The number of aryl methyl sites for hydroxylation is 1. The zero-order valence-electron chi connectivity index (χ0n) is 14.1. The van der Waals surface area contributed by atoms with Crippen LogP contribution in [-0.4, -0.2) is 11.7 Å². The van der Waals surface area contributed by atoms with E-state index in [-0.39, 0.29) is 0 Å². The molecule has 0 bridgehead atoms. The summed E-state index contributed by atoms with van der Waals surface area (Å²) >= 11 is 0. The zero-order valence-corrected chi connectivity index (χ0v) is 14.1. The summed E-state index contributed by atoms with van der Waals surface area (Å²) in [6.45, 7) is 0.328. The van der Waals surface area contributed by atoms with Gasteiger partial charge >= 0.3 is 0 Å². The number of aliphatic hydroxyl groups is 1. The highest BCUT2D eigenvalue weighted by Gasteiger charge is 2.10. The van der Waals surface area contributed by atoms with Crippen molar-refractivity contribution in [3.05, 3.63) is 60.2 Å². The van der Waals surface area contributed by atoms with Gasteiger partial charge in [0.15, 0.2) is 0 Å². The van der Waals surface area contributed by atoms with Gasteiger partial charge in [-0.3, -0.25) is 0 Å². The molecule has 4 rings (SSSR count). The molecule has 0 saturated heterocycles. The highest BCUT2D eigenvalue weighted by molar-refractivity contribution is 6.23. The molecule has 1 heteroatoms. The van der Waals surface area contributed by atoms with Crippen molar-refractivity contribution in [2.45, 2.75) is 38.5 Å². The van der Waals surface area contributed by atoms with E-state index in [1.54, 1.807) is 0 Å². The van der Waals surface area contributed by atoms with Crippen molar-refractivity contribution in [2.24, 2.45) is 0 Å². The number of hydrogen-bond donors (Lipinski definition) is 1. The minimum absolute atomic E-state index is 0.328. The molecule has 0 atom stereocenters. The Morgan fingerprint density at radius 1 is 0.583 bits per heavy atom. The molecule has 0 radical (unpaired) electrons. The predicted molar refractivity (Wildman–Crippen MR) is 104 cm³/mol. The van der Waals surface area contributed by atoms with Crippen LogP contribution in [0.15, 0.2) is 54.6 Å². The fourth-order valence-corrected chi connectivity index (χ4v) is 3.97. The van der Waals surface area contributed by atoms with Crippen molar-refractivity contribution in [1.29, 1.82) is 0 Å². The van der Waals surface area contributed by atoms with Gasteiger partial charge in [0, 0.05) is 6.61 Å². The maximum absolute atomic E-state index is 8.85. The second-order valence-corrected chi connectivity index (χ2v) is 6.82. The Morgan fingerprint density at radius 2 is 1.21 bits per heavy atom. The van der Waals surface area contributed by atoms with Crippen LogP contribution in [0.3, 0.4) is 0 Å². The highest BCUT2D eigenvalue weighted by atomic mass is 16.2. The number of rotatable bonds is 7. The number of benzene rings is 4.